The van der Waals surface area contributed by atoms with Crippen molar-refractivity contribution in [3.63, 3.8) is 0 Å². The molecule has 0 aliphatic carbocycles. The van der Waals surface area contributed by atoms with Crippen LogP contribution in [-0.2, 0) is 9.59 Å². The summed E-state index contributed by atoms with van der Waals surface area (Å²) >= 11 is 0. The molecule has 2 amide bonds. The maximum atomic E-state index is 14.2. The van der Waals surface area contributed by atoms with Crippen LogP contribution in [0.2, 0.25) is 0 Å². The molecule has 1 heterocycles. The van der Waals surface area contributed by atoms with E-state index in [0.29, 0.717) is 25.3 Å². The second-order valence-electron chi connectivity index (χ2n) is 6.19. The molecule has 1 aliphatic heterocycles. The highest BCUT2D eigenvalue weighted by atomic mass is 19.1. The molecule has 1 N–H and O–H groups in total. The Balaban J connectivity index is 1.98. The zero-order chi connectivity index (χ0) is 19.1. The number of carbonyl (C=O) groups excluding carboxylic acids is 2. The van der Waals surface area contributed by atoms with Gasteiger partial charge in [-0.05, 0) is 44.0 Å². The van der Waals surface area contributed by atoms with Crippen LogP contribution >= 0.6 is 0 Å². The normalized spacial score (nSPS) is 16.5. The summed E-state index contributed by atoms with van der Waals surface area (Å²) in [5.41, 5.74) is 0.708. The number of hydrogen-bond acceptors (Lipinski definition) is 4. The Kier molecular flexibility index (Phi) is 6.73. The number of halogens is 1. The van der Waals surface area contributed by atoms with Crippen LogP contribution in [0.3, 0.4) is 0 Å². The summed E-state index contributed by atoms with van der Waals surface area (Å²) in [6.45, 7) is 6.79. The average molecular weight is 358 g/mol. The third kappa shape index (κ3) is 4.82. The lowest BCUT2D eigenvalue weighted by atomic mass is 10.0. The van der Waals surface area contributed by atoms with E-state index in [9.17, 15) is 14.0 Å². The van der Waals surface area contributed by atoms with E-state index in [4.69, 9.17) is 5.26 Å². The number of benzene rings is 1. The van der Waals surface area contributed by atoms with Crippen LogP contribution < -0.4 is 10.2 Å². The third-order valence-corrected chi connectivity index (χ3v) is 4.41. The van der Waals surface area contributed by atoms with Crippen molar-refractivity contribution in [1.82, 2.24) is 10.2 Å². The van der Waals surface area contributed by atoms with E-state index >= 15 is 0 Å². The number of nitriles is 1. The van der Waals surface area contributed by atoms with Crippen molar-refractivity contribution in [3.05, 3.63) is 42.2 Å². The molecule has 0 bridgehead atoms. The van der Waals surface area contributed by atoms with Gasteiger partial charge in [0.2, 0.25) is 11.8 Å². The van der Waals surface area contributed by atoms with Crippen molar-refractivity contribution in [2.45, 2.75) is 25.8 Å². The van der Waals surface area contributed by atoms with Gasteiger partial charge in [-0.2, -0.15) is 5.26 Å². The Morgan fingerprint density at radius 1 is 1.54 bits per heavy atom. The molecule has 1 aliphatic rings. The monoisotopic (exact) mass is 358 g/mol. The Morgan fingerprint density at radius 2 is 2.31 bits per heavy atom. The van der Waals surface area contributed by atoms with E-state index in [0.717, 1.165) is 12.8 Å². The van der Waals surface area contributed by atoms with Crippen LogP contribution in [0, 0.1) is 17.1 Å². The van der Waals surface area contributed by atoms with Gasteiger partial charge in [0.25, 0.3) is 0 Å². The number of carbonyl (C=O) groups is 2. The number of amides is 2. The van der Waals surface area contributed by atoms with Crippen LogP contribution in [0.4, 0.5) is 10.1 Å². The zero-order valence-electron chi connectivity index (χ0n) is 14.9. The molecule has 1 aromatic carbocycles. The van der Waals surface area contributed by atoms with E-state index in [1.165, 1.54) is 17.0 Å². The smallest absolute Gasteiger partial charge is 0.246 e. The highest BCUT2D eigenvalue weighted by molar-refractivity contribution is 5.90. The summed E-state index contributed by atoms with van der Waals surface area (Å²) in [6.07, 6.45) is 2.79. The van der Waals surface area contributed by atoms with E-state index in [1.54, 1.807) is 19.1 Å². The van der Waals surface area contributed by atoms with Crippen molar-refractivity contribution in [1.29, 1.82) is 5.26 Å². The molecule has 1 fully saturated rings. The minimum Gasteiger partial charge on any atom is -0.367 e. The summed E-state index contributed by atoms with van der Waals surface area (Å²) < 4.78 is 14.2. The Hall–Kier alpha value is -2.88. The molecule has 6 nitrogen and oxygen atoms in total. The largest absolute Gasteiger partial charge is 0.367 e. The average Bonchev–Trinajstić information content (AvgIpc) is 2.65. The molecule has 26 heavy (non-hydrogen) atoms. The predicted octanol–water partition coefficient (Wildman–Crippen LogP) is 1.82. The SMILES string of the molecule is C=CC(=O)N(CC)CC(=O)NC1CCCN(c2ccc(C#N)cc2F)C1. The van der Waals surface area contributed by atoms with Crippen LogP contribution in [-0.4, -0.2) is 48.9 Å². The fourth-order valence-corrected chi connectivity index (χ4v) is 3.07. The van der Waals surface area contributed by atoms with E-state index in [2.05, 4.69) is 11.9 Å². The van der Waals surface area contributed by atoms with E-state index in [-0.39, 0.29) is 30.0 Å². The van der Waals surface area contributed by atoms with E-state index < -0.39 is 5.82 Å². The van der Waals surface area contributed by atoms with Crippen molar-refractivity contribution in [3.8, 4) is 6.07 Å². The second kappa shape index (κ2) is 8.99. The number of nitrogens with zero attached hydrogens (tertiary/aromatic N) is 3. The molecule has 0 aromatic heterocycles. The van der Waals surface area contributed by atoms with Gasteiger partial charge in [0.15, 0.2) is 0 Å². The number of rotatable bonds is 6. The third-order valence-electron chi connectivity index (χ3n) is 4.41. The minimum atomic E-state index is -0.440. The van der Waals surface area contributed by atoms with Crippen molar-refractivity contribution in [2.24, 2.45) is 0 Å². The molecule has 1 saturated heterocycles. The molecule has 1 aromatic rings. The highest BCUT2D eigenvalue weighted by Crippen LogP contribution is 2.24. The molecule has 1 unspecified atom stereocenters. The fourth-order valence-electron chi connectivity index (χ4n) is 3.07. The lowest BCUT2D eigenvalue weighted by Gasteiger charge is -2.35. The first-order valence-corrected chi connectivity index (χ1v) is 8.63. The van der Waals surface area contributed by atoms with Crippen LogP contribution in [0.5, 0.6) is 0 Å². The molecular weight excluding hydrogens is 335 g/mol. The molecule has 7 heteroatoms. The van der Waals surface area contributed by atoms with Gasteiger partial charge in [0, 0.05) is 25.7 Å². The first-order chi connectivity index (χ1) is 12.5. The zero-order valence-corrected chi connectivity index (χ0v) is 14.9. The number of hydrogen-bond donors (Lipinski definition) is 1. The van der Waals surface area contributed by atoms with Gasteiger partial charge in [0.05, 0.1) is 23.9 Å². The standard InChI is InChI=1S/C19H23FN4O2/c1-3-19(26)23(4-2)13-18(25)22-15-6-5-9-24(12-15)17-8-7-14(11-21)10-16(17)20/h3,7-8,10,15H,1,4-6,9,12-13H2,2H3,(H,22,25). The molecule has 0 spiro atoms. The van der Waals surface area contributed by atoms with Crippen LogP contribution in [0.1, 0.15) is 25.3 Å². The molecular formula is C19H23FN4O2. The Labute approximate surface area is 152 Å². The van der Waals surface area contributed by atoms with Crippen molar-refractivity contribution in [2.75, 3.05) is 31.1 Å². The first-order valence-electron chi connectivity index (χ1n) is 8.63. The van der Waals surface area contributed by atoms with Gasteiger partial charge in [0.1, 0.15) is 5.82 Å². The number of nitrogens with one attached hydrogen (secondary N) is 1. The maximum absolute atomic E-state index is 14.2. The van der Waals surface area contributed by atoms with Gasteiger partial charge in [-0.25, -0.2) is 4.39 Å². The van der Waals surface area contributed by atoms with Gasteiger partial charge in [-0.3, -0.25) is 9.59 Å². The fraction of sp³-hybridized carbons (Fsp3) is 0.421. The summed E-state index contributed by atoms with van der Waals surface area (Å²) in [5, 5.41) is 11.8. The lowest BCUT2D eigenvalue weighted by molar-refractivity contribution is -0.132. The number of anilines is 1. The Bertz CT molecular complexity index is 729. The predicted molar refractivity (Wildman–Crippen MR) is 96.9 cm³/mol. The summed E-state index contributed by atoms with van der Waals surface area (Å²) in [7, 11) is 0. The van der Waals surface area contributed by atoms with Gasteiger partial charge >= 0.3 is 0 Å². The van der Waals surface area contributed by atoms with Gasteiger partial charge in [-0.15, -0.1) is 0 Å². The molecule has 0 radical (unpaired) electrons. The van der Waals surface area contributed by atoms with Gasteiger partial charge in [-0.1, -0.05) is 6.58 Å². The summed E-state index contributed by atoms with van der Waals surface area (Å²) in [4.78, 5) is 27.2. The second-order valence-corrected chi connectivity index (χ2v) is 6.19. The molecule has 1 atom stereocenters. The van der Waals surface area contributed by atoms with Crippen LogP contribution in [0.15, 0.2) is 30.9 Å². The summed E-state index contributed by atoms with van der Waals surface area (Å²) in [6, 6.07) is 6.19. The molecule has 138 valence electrons. The maximum Gasteiger partial charge on any atom is 0.246 e. The van der Waals surface area contributed by atoms with Crippen LogP contribution in [0.25, 0.3) is 0 Å². The Morgan fingerprint density at radius 3 is 2.92 bits per heavy atom. The van der Waals surface area contributed by atoms with Gasteiger partial charge < -0.3 is 15.1 Å². The summed E-state index contributed by atoms with van der Waals surface area (Å²) in [5.74, 6) is -0.966. The highest BCUT2D eigenvalue weighted by Gasteiger charge is 2.24. The molecule has 2 rings (SSSR count). The quantitative estimate of drug-likeness (QED) is 0.787. The van der Waals surface area contributed by atoms with E-state index in [1.807, 2.05) is 11.0 Å². The number of likely N-dealkylation sites (N-methyl/N-ethyl adjacent to an activating group) is 1. The van der Waals surface area contributed by atoms with Crippen molar-refractivity contribution >= 4 is 17.5 Å². The first kappa shape index (κ1) is 19.4. The number of piperidine rings is 1. The topological polar surface area (TPSA) is 76.4 Å². The molecule has 0 saturated carbocycles. The van der Waals surface area contributed by atoms with Crippen molar-refractivity contribution < 1.29 is 14.0 Å². The lowest BCUT2D eigenvalue weighted by Crippen LogP contribution is -2.50. The minimum absolute atomic E-state index is 0.0247.